The summed E-state index contributed by atoms with van der Waals surface area (Å²) in [5.41, 5.74) is 8.69. The number of azide groups is 1. The molecule has 0 aliphatic carbocycles. The monoisotopic (exact) mass is 376 g/mol. The second-order valence-electron chi connectivity index (χ2n) is 5.02. The van der Waals surface area contributed by atoms with E-state index in [1.54, 1.807) is 0 Å². The van der Waals surface area contributed by atoms with Crippen LogP contribution in [0.15, 0.2) is 5.11 Å². The van der Waals surface area contributed by atoms with Crippen LogP contribution in [-0.4, -0.2) is 60.2 Å². The Labute approximate surface area is 146 Å². The lowest BCUT2D eigenvalue weighted by molar-refractivity contribution is -0.783. The number of ether oxygens (including phenoxy) is 4. The van der Waals surface area contributed by atoms with Gasteiger partial charge >= 0.3 is 17.9 Å². The van der Waals surface area contributed by atoms with Crippen LogP contribution in [0.1, 0.15) is 20.8 Å². The van der Waals surface area contributed by atoms with Crippen molar-refractivity contribution in [2.45, 2.75) is 51.4 Å². The SMILES string of the molecule is CC(=O)OCC1OC(O[N+](=O)[O-])[C@H](N=[N+]=[N-])C(OC(C)=O)[C@H]1OC(C)=O. The molecule has 0 bridgehead atoms. The maximum atomic E-state index is 11.4. The number of nitrogens with zero attached hydrogens (tertiary/aromatic N) is 4. The molecule has 0 N–H and O–H groups in total. The van der Waals surface area contributed by atoms with E-state index in [1.165, 1.54) is 0 Å². The number of rotatable bonds is 7. The molecule has 0 amide bonds. The van der Waals surface area contributed by atoms with Crippen molar-refractivity contribution < 1.29 is 43.3 Å². The van der Waals surface area contributed by atoms with E-state index in [4.69, 9.17) is 24.5 Å². The second kappa shape index (κ2) is 9.39. The summed E-state index contributed by atoms with van der Waals surface area (Å²) in [4.78, 5) is 51.3. The van der Waals surface area contributed by atoms with Crippen molar-refractivity contribution in [1.29, 1.82) is 0 Å². The van der Waals surface area contributed by atoms with E-state index in [2.05, 4.69) is 14.9 Å². The van der Waals surface area contributed by atoms with Crippen molar-refractivity contribution in [3.63, 3.8) is 0 Å². The van der Waals surface area contributed by atoms with Crippen molar-refractivity contribution in [2.75, 3.05) is 6.61 Å². The van der Waals surface area contributed by atoms with Crippen LogP contribution < -0.4 is 0 Å². The largest absolute Gasteiger partial charge is 0.463 e. The van der Waals surface area contributed by atoms with E-state index in [0.717, 1.165) is 20.8 Å². The molecule has 0 saturated carbocycles. The lowest BCUT2D eigenvalue weighted by Gasteiger charge is -2.42. The lowest BCUT2D eigenvalue weighted by Crippen LogP contribution is -2.61. The molecule has 0 aromatic heterocycles. The van der Waals surface area contributed by atoms with Crippen molar-refractivity contribution in [2.24, 2.45) is 5.11 Å². The Kier molecular flexibility index (Phi) is 7.55. The van der Waals surface area contributed by atoms with Gasteiger partial charge in [-0.1, -0.05) is 5.11 Å². The Hall–Kier alpha value is -3.12. The van der Waals surface area contributed by atoms with Gasteiger partial charge in [-0.2, -0.15) is 0 Å². The third-order valence-corrected chi connectivity index (χ3v) is 3.04. The summed E-state index contributed by atoms with van der Waals surface area (Å²) in [6.45, 7) is 2.68. The van der Waals surface area contributed by atoms with Gasteiger partial charge in [0.2, 0.25) is 6.29 Å². The highest BCUT2D eigenvalue weighted by atomic mass is 17.0. The first-order valence-electron chi connectivity index (χ1n) is 7.14. The summed E-state index contributed by atoms with van der Waals surface area (Å²) in [5, 5.41) is 12.8. The number of carbonyl (C=O) groups is 3. The summed E-state index contributed by atoms with van der Waals surface area (Å²) in [6.07, 6.45) is -5.94. The van der Waals surface area contributed by atoms with E-state index >= 15 is 0 Å². The Morgan fingerprint density at radius 3 is 2.19 bits per heavy atom. The van der Waals surface area contributed by atoms with Gasteiger partial charge < -0.3 is 18.9 Å². The van der Waals surface area contributed by atoms with Crippen LogP contribution in [0, 0.1) is 10.1 Å². The molecule has 5 atom stereocenters. The van der Waals surface area contributed by atoms with Gasteiger partial charge in [0.1, 0.15) is 18.8 Å². The van der Waals surface area contributed by atoms with Crippen LogP contribution >= 0.6 is 0 Å². The minimum Gasteiger partial charge on any atom is -0.463 e. The van der Waals surface area contributed by atoms with Crippen LogP contribution in [0.2, 0.25) is 0 Å². The Morgan fingerprint density at radius 2 is 1.73 bits per heavy atom. The minimum absolute atomic E-state index is 0.494. The number of esters is 3. The number of hydrogen-bond acceptors (Lipinski definition) is 11. The predicted octanol–water partition coefficient (Wildman–Crippen LogP) is 0.0250. The van der Waals surface area contributed by atoms with Crippen molar-refractivity contribution >= 4 is 17.9 Å². The first-order chi connectivity index (χ1) is 12.1. The van der Waals surface area contributed by atoms with Gasteiger partial charge in [0.05, 0.1) is 0 Å². The molecule has 0 radical (unpaired) electrons. The topological polar surface area (TPSA) is 189 Å². The molecule has 144 valence electrons. The lowest BCUT2D eigenvalue weighted by atomic mass is 9.97. The summed E-state index contributed by atoms with van der Waals surface area (Å²) in [6, 6.07) is -1.55. The Balaban J connectivity index is 3.28. The van der Waals surface area contributed by atoms with Gasteiger partial charge in [-0.15, -0.1) is 10.1 Å². The molecule has 1 aliphatic rings. The molecule has 14 heteroatoms. The Morgan fingerprint density at radius 1 is 1.15 bits per heavy atom. The minimum atomic E-state index is -1.79. The highest BCUT2D eigenvalue weighted by Crippen LogP contribution is 2.29. The van der Waals surface area contributed by atoms with Gasteiger partial charge in [-0.25, -0.2) is 0 Å². The molecule has 3 unspecified atom stereocenters. The van der Waals surface area contributed by atoms with Gasteiger partial charge in [0.15, 0.2) is 12.2 Å². The fraction of sp³-hybridized carbons (Fsp3) is 0.750. The van der Waals surface area contributed by atoms with Crippen molar-refractivity contribution in [3.05, 3.63) is 20.6 Å². The molecular weight excluding hydrogens is 360 g/mol. The molecule has 1 saturated heterocycles. The zero-order chi connectivity index (χ0) is 19.9. The van der Waals surface area contributed by atoms with E-state index in [-0.39, 0.29) is 0 Å². The molecular formula is C12H16N4O10. The number of carbonyl (C=O) groups excluding carboxylic acids is 3. The molecule has 1 rings (SSSR count). The molecule has 1 heterocycles. The van der Waals surface area contributed by atoms with Gasteiger partial charge in [0, 0.05) is 25.7 Å². The van der Waals surface area contributed by atoms with Gasteiger partial charge in [-0.05, 0) is 5.53 Å². The molecule has 0 aromatic rings. The van der Waals surface area contributed by atoms with Crippen LogP contribution in [0.25, 0.3) is 10.4 Å². The number of hydrogen-bond donors (Lipinski definition) is 0. The zero-order valence-electron chi connectivity index (χ0n) is 14.0. The normalized spacial score (nSPS) is 27.4. The highest BCUT2D eigenvalue weighted by molar-refractivity contribution is 5.68. The summed E-state index contributed by atoms with van der Waals surface area (Å²) in [7, 11) is 0. The molecule has 0 spiro atoms. The molecule has 0 aromatic carbocycles. The fourth-order valence-corrected chi connectivity index (χ4v) is 2.24. The van der Waals surface area contributed by atoms with Gasteiger partial charge in [-0.3, -0.25) is 19.2 Å². The van der Waals surface area contributed by atoms with Crippen molar-refractivity contribution in [1.82, 2.24) is 0 Å². The standard InChI is InChI=1S/C12H16N4O10/c1-5(17)22-4-8-10(23-6(2)18)11(24-7(3)19)9(14-15-13)12(25-8)26-16(20)21/h8-12H,4H2,1-3H3/t8?,9-,10+,11?,12?/m1/s1. The third kappa shape index (κ3) is 6.07. The second-order valence-corrected chi connectivity index (χ2v) is 5.02. The van der Waals surface area contributed by atoms with Crippen LogP contribution in [0.4, 0.5) is 0 Å². The average molecular weight is 376 g/mol. The van der Waals surface area contributed by atoms with E-state index in [9.17, 15) is 24.5 Å². The maximum Gasteiger partial charge on any atom is 0.303 e. The maximum absolute atomic E-state index is 11.4. The highest BCUT2D eigenvalue weighted by Gasteiger charge is 2.51. The molecule has 14 nitrogen and oxygen atoms in total. The van der Waals surface area contributed by atoms with Crippen LogP contribution in [0.5, 0.6) is 0 Å². The van der Waals surface area contributed by atoms with Crippen LogP contribution in [0.3, 0.4) is 0 Å². The smallest absolute Gasteiger partial charge is 0.303 e. The first kappa shape index (κ1) is 20.9. The summed E-state index contributed by atoms with van der Waals surface area (Å²) >= 11 is 0. The van der Waals surface area contributed by atoms with E-state index in [0.29, 0.717) is 0 Å². The zero-order valence-corrected chi connectivity index (χ0v) is 14.0. The summed E-state index contributed by atoms with van der Waals surface area (Å²) in [5.74, 6) is -2.36. The van der Waals surface area contributed by atoms with Crippen LogP contribution in [-0.2, 0) is 38.2 Å². The van der Waals surface area contributed by atoms with E-state index in [1.807, 2.05) is 0 Å². The fourth-order valence-electron chi connectivity index (χ4n) is 2.24. The van der Waals surface area contributed by atoms with Crippen molar-refractivity contribution in [3.8, 4) is 0 Å². The first-order valence-corrected chi connectivity index (χ1v) is 7.14. The predicted molar refractivity (Wildman–Crippen MR) is 77.4 cm³/mol. The third-order valence-electron chi connectivity index (χ3n) is 3.04. The molecule has 26 heavy (non-hydrogen) atoms. The average Bonchev–Trinajstić information content (AvgIpc) is 2.49. The van der Waals surface area contributed by atoms with Gasteiger partial charge in [0.25, 0.3) is 5.09 Å². The Bertz CT molecular complexity index is 619. The quantitative estimate of drug-likeness (QED) is 0.111. The summed E-state index contributed by atoms with van der Waals surface area (Å²) < 4.78 is 20.1. The van der Waals surface area contributed by atoms with E-state index < -0.39 is 60.2 Å². The molecule has 1 aliphatic heterocycles. The molecule has 1 fully saturated rings.